The number of aromatic nitrogens is 6. The van der Waals surface area contributed by atoms with Crippen LogP contribution in [0.25, 0.3) is 17.1 Å². The van der Waals surface area contributed by atoms with Crippen molar-refractivity contribution in [2.24, 2.45) is 0 Å². The number of halogens is 2. The van der Waals surface area contributed by atoms with Gasteiger partial charge in [-0.2, -0.15) is 0 Å². The van der Waals surface area contributed by atoms with E-state index in [1.165, 1.54) is 30.1 Å². The van der Waals surface area contributed by atoms with Crippen molar-refractivity contribution in [1.29, 1.82) is 0 Å². The van der Waals surface area contributed by atoms with Gasteiger partial charge in [-0.1, -0.05) is 13.0 Å². The second-order valence-electron chi connectivity index (χ2n) is 7.88. The normalized spacial score (nSPS) is 13.8. The van der Waals surface area contributed by atoms with E-state index >= 15 is 0 Å². The summed E-state index contributed by atoms with van der Waals surface area (Å²) in [6, 6.07) is 5.28. The summed E-state index contributed by atoms with van der Waals surface area (Å²) in [5.41, 5.74) is 1.54. The zero-order valence-electron chi connectivity index (χ0n) is 19.4. The lowest BCUT2D eigenvalue weighted by atomic mass is 10.1. The van der Waals surface area contributed by atoms with Crippen LogP contribution in [0.1, 0.15) is 31.0 Å². The second kappa shape index (κ2) is 10.2. The Balaban J connectivity index is 1.71. The van der Waals surface area contributed by atoms with Crippen LogP contribution in [0.3, 0.4) is 0 Å². The molecule has 35 heavy (non-hydrogen) atoms. The Morgan fingerprint density at radius 3 is 2.43 bits per heavy atom. The smallest absolute Gasteiger partial charge is 0.241 e. The first-order valence-corrected chi connectivity index (χ1v) is 11.9. The van der Waals surface area contributed by atoms with Gasteiger partial charge in [-0.3, -0.25) is 19.3 Å². The molecule has 182 valence electrons. The summed E-state index contributed by atoms with van der Waals surface area (Å²) in [7, 11) is -0.241. The number of anilines is 1. The number of methoxy groups -OCH3 is 1. The second-order valence-corrected chi connectivity index (χ2v) is 9.42. The fraction of sp³-hybridized carbons (Fsp3) is 0.261. The van der Waals surface area contributed by atoms with Gasteiger partial charge in [0.25, 0.3) is 0 Å². The van der Waals surface area contributed by atoms with Crippen LogP contribution in [-0.2, 0) is 11.0 Å². The number of rotatable bonds is 8. The SMILES string of the molecule is COc1cnc(C(C)C(C)S(=O)Nc2nnc(-c3cncc(C)c3)n2-c2c(F)cccc2F)cn1. The predicted octanol–water partition coefficient (Wildman–Crippen LogP) is 3.98. The van der Waals surface area contributed by atoms with Crippen LogP contribution in [-0.4, -0.2) is 46.3 Å². The van der Waals surface area contributed by atoms with Crippen LogP contribution in [0.4, 0.5) is 14.7 Å². The maximum atomic E-state index is 14.8. The number of hydrogen-bond acceptors (Lipinski definition) is 7. The number of hydrogen-bond donors (Lipinski definition) is 1. The molecule has 4 aromatic rings. The highest BCUT2D eigenvalue weighted by molar-refractivity contribution is 7.87. The lowest BCUT2D eigenvalue weighted by Crippen LogP contribution is -2.26. The molecule has 3 aromatic heterocycles. The topological polar surface area (TPSA) is 108 Å². The number of aryl methyl sites for hydroxylation is 1. The van der Waals surface area contributed by atoms with Crippen molar-refractivity contribution >= 4 is 16.9 Å². The highest BCUT2D eigenvalue weighted by Crippen LogP contribution is 2.30. The van der Waals surface area contributed by atoms with E-state index in [1.807, 2.05) is 13.8 Å². The quantitative estimate of drug-likeness (QED) is 0.391. The Bertz CT molecular complexity index is 1340. The van der Waals surface area contributed by atoms with Gasteiger partial charge in [-0.25, -0.2) is 18.0 Å². The molecule has 0 spiro atoms. The van der Waals surface area contributed by atoms with Crippen molar-refractivity contribution in [2.45, 2.75) is 31.9 Å². The lowest BCUT2D eigenvalue weighted by Gasteiger charge is -2.20. The molecule has 4 rings (SSSR count). The van der Waals surface area contributed by atoms with Gasteiger partial charge in [0.05, 0.1) is 30.4 Å². The summed E-state index contributed by atoms with van der Waals surface area (Å²) in [5.74, 6) is -1.49. The van der Waals surface area contributed by atoms with Gasteiger partial charge in [-0.15, -0.1) is 10.2 Å². The molecule has 0 bridgehead atoms. The minimum absolute atomic E-state index is 0.0799. The van der Waals surface area contributed by atoms with Crippen molar-refractivity contribution in [3.05, 3.63) is 71.9 Å². The van der Waals surface area contributed by atoms with Crippen LogP contribution in [0.15, 0.2) is 49.1 Å². The predicted molar refractivity (Wildman–Crippen MR) is 127 cm³/mol. The lowest BCUT2D eigenvalue weighted by molar-refractivity contribution is 0.394. The van der Waals surface area contributed by atoms with E-state index in [4.69, 9.17) is 4.74 Å². The number of benzene rings is 1. The van der Waals surface area contributed by atoms with Gasteiger partial charge >= 0.3 is 0 Å². The third-order valence-electron chi connectivity index (χ3n) is 5.51. The summed E-state index contributed by atoms with van der Waals surface area (Å²) in [5, 5.41) is 7.71. The van der Waals surface area contributed by atoms with Gasteiger partial charge < -0.3 is 4.74 Å². The van der Waals surface area contributed by atoms with Crippen molar-refractivity contribution < 1.29 is 17.7 Å². The number of ether oxygens (including phenoxy) is 1. The molecule has 0 fully saturated rings. The van der Waals surface area contributed by atoms with Gasteiger partial charge in [0, 0.05) is 23.9 Å². The molecule has 0 amide bonds. The number of nitrogens with zero attached hydrogens (tertiary/aromatic N) is 6. The standard InChI is InChI=1S/C23H23F2N7O2S/c1-13-8-16(10-26-9-13)22-29-30-23(32(22)21-17(24)6-5-7-18(21)25)31-35(33)15(3)14(2)19-11-28-20(34-4)12-27-19/h5-12,14-15H,1-4H3,(H,30,31). The van der Waals surface area contributed by atoms with Gasteiger partial charge in [0.2, 0.25) is 11.8 Å². The minimum atomic E-state index is -1.73. The molecular weight excluding hydrogens is 476 g/mol. The minimum Gasteiger partial charge on any atom is -0.480 e. The summed E-state index contributed by atoms with van der Waals surface area (Å²) < 4.78 is 51.9. The van der Waals surface area contributed by atoms with E-state index in [1.54, 1.807) is 25.4 Å². The Kier molecular flexibility index (Phi) is 7.10. The molecular formula is C23H23F2N7O2S. The largest absolute Gasteiger partial charge is 0.480 e. The molecule has 1 N–H and O–H groups in total. The van der Waals surface area contributed by atoms with E-state index in [2.05, 4.69) is 29.9 Å². The van der Waals surface area contributed by atoms with Gasteiger partial charge in [0.15, 0.2) is 5.82 Å². The number of nitrogens with one attached hydrogen (secondary N) is 1. The highest BCUT2D eigenvalue weighted by Gasteiger charge is 2.27. The molecule has 3 heterocycles. The molecule has 9 nitrogen and oxygen atoms in total. The molecule has 0 aliphatic rings. The summed E-state index contributed by atoms with van der Waals surface area (Å²) in [6.45, 7) is 5.45. The average Bonchev–Trinajstić information content (AvgIpc) is 3.26. The van der Waals surface area contributed by atoms with Crippen molar-refractivity contribution in [3.8, 4) is 23.0 Å². The third kappa shape index (κ3) is 5.02. The Morgan fingerprint density at radius 1 is 1.06 bits per heavy atom. The molecule has 0 aliphatic heterocycles. The third-order valence-corrected chi connectivity index (χ3v) is 6.98. The maximum absolute atomic E-state index is 14.8. The van der Waals surface area contributed by atoms with Crippen LogP contribution in [0.2, 0.25) is 0 Å². The average molecular weight is 500 g/mol. The molecule has 1 aromatic carbocycles. The Hall–Kier alpha value is -3.80. The molecule has 0 radical (unpaired) electrons. The van der Waals surface area contributed by atoms with Gasteiger partial charge in [-0.05, 0) is 37.6 Å². The molecule has 3 unspecified atom stereocenters. The Morgan fingerprint density at radius 2 is 1.80 bits per heavy atom. The van der Waals surface area contributed by atoms with Crippen LogP contribution >= 0.6 is 0 Å². The monoisotopic (exact) mass is 499 g/mol. The van der Waals surface area contributed by atoms with E-state index in [-0.39, 0.29) is 17.7 Å². The first kappa shape index (κ1) is 24.3. The van der Waals surface area contributed by atoms with E-state index in [0.717, 1.165) is 17.7 Å². The maximum Gasteiger partial charge on any atom is 0.241 e. The summed E-state index contributed by atoms with van der Waals surface area (Å²) in [4.78, 5) is 12.6. The summed E-state index contributed by atoms with van der Waals surface area (Å²) >= 11 is 0. The Labute approximate surface area is 203 Å². The first-order valence-electron chi connectivity index (χ1n) is 10.6. The van der Waals surface area contributed by atoms with Crippen molar-refractivity contribution in [2.75, 3.05) is 11.8 Å². The van der Waals surface area contributed by atoms with Crippen LogP contribution in [0.5, 0.6) is 5.88 Å². The van der Waals surface area contributed by atoms with Crippen molar-refractivity contribution in [1.82, 2.24) is 29.7 Å². The van der Waals surface area contributed by atoms with Crippen molar-refractivity contribution in [3.63, 3.8) is 0 Å². The molecule has 3 atom stereocenters. The van der Waals surface area contributed by atoms with E-state index in [9.17, 15) is 13.0 Å². The zero-order valence-corrected chi connectivity index (χ0v) is 20.3. The fourth-order valence-corrected chi connectivity index (χ4v) is 4.41. The zero-order chi connectivity index (χ0) is 25.1. The summed E-state index contributed by atoms with van der Waals surface area (Å²) in [6.07, 6.45) is 6.19. The van der Waals surface area contributed by atoms with Gasteiger partial charge in [0.1, 0.15) is 28.3 Å². The molecule has 12 heteroatoms. The fourth-order valence-electron chi connectivity index (χ4n) is 3.40. The molecule has 0 aliphatic carbocycles. The van der Waals surface area contributed by atoms with E-state index < -0.39 is 33.6 Å². The van der Waals surface area contributed by atoms with E-state index in [0.29, 0.717) is 17.1 Å². The molecule has 0 saturated heterocycles. The first-order chi connectivity index (χ1) is 16.8. The van der Waals surface area contributed by atoms with Crippen LogP contribution < -0.4 is 9.46 Å². The number of para-hydroxylation sites is 1. The molecule has 0 saturated carbocycles. The highest BCUT2D eigenvalue weighted by atomic mass is 32.2. The number of pyridine rings is 1. The van der Waals surface area contributed by atoms with Crippen LogP contribution in [0, 0.1) is 18.6 Å².